The van der Waals surface area contributed by atoms with Crippen LogP contribution in [0.25, 0.3) is 0 Å². The first-order valence-electron chi connectivity index (χ1n) is 5.68. The lowest BCUT2D eigenvalue weighted by atomic mass is 10.3. The fourth-order valence-corrected chi connectivity index (χ4v) is 3.16. The number of thioether (sulfide) groups is 1. The van der Waals surface area contributed by atoms with Crippen LogP contribution in [0.2, 0.25) is 0 Å². The van der Waals surface area contributed by atoms with Crippen LogP contribution < -0.4 is 10.1 Å². The third-order valence-corrected chi connectivity index (χ3v) is 4.26. The first-order chi connectivity index (χ1) is 8.70. The fourth-order valence-electron chi connectivity index (χ4n) is 1.71. The largest absolute Gasteiger partial charge is 0.496 e. The molecule has 6 heteroatoms. The second-order valence-corrected chi connectivity index (χ2v) is 5.96. The van der Waals surface area contributed by atoms with Gasteiger partial charge in [-0.05, 0) is 34.1 Å². The molecule has 0 atom stereocenters. The number of nitrogens with one attached hydrogen (secondary N) is 1. The molecule has 0 aliphatic carbocycles. The molecule has 0 radical (unpaired) electrons. The van der Waals surface area contributed by atoms with Crippen LogP contribution in [0.4, 0.5) is 10.5 Å². The summed E-state index contributed by atoms with van der Waals surface area (Å²) in [6.45, 7) is 1.63. The Morgan fingerprint density at radius 2 is 2.17 bits per heavy atom. The van der Waals surface area contributed by atoms with Gasteiger partial charge in [0.2, 0.25) is 0 Å². The number of carbonyl (C=O) groups excluding carboxylic acids is 1. The molecule has 0 unspecified atom stereocenters. The summed E-state index contributed by atoms with van der Waals surface area (Å²) in [5.41, 5.74) is 0.769. The van der Waals surface area contributed by atoms with Gasteiger partial charge < -0.3 is 15.0 Å². The average Bonchev–Trinajstić information content (AvgIpc) is 2.40. The van der Waals surface area contributed by atoms with Crippen LogP contribution in [-0.2, 0) is 0 Å². The van der Waals surface area contributed by atoms with E-state index < -0.39 is 0 Å². The highest BCUT2D eigenvalue weighted by molar-refractivity contribution is 9.10. The van der Waals surface area contributed by atoms with E-state index >= 15 is 0 Å². The molecule has 0 bridgehead atoms. The number of carbonyl (C=O) groups is 1. The number of hydrogen-bond donors (Lipinski definition) is 1. The first-order valence-corrected chi connectivity index (χ1v) is 7.62. The van der Waals surface area contributed by atoms with E-state index in [2.05, 4.69) is 21.2 Å². The Morgan fingerprint density at radius 3 is 2.78 bits per heavy atom. The summed E-state index contributed by atoms with van der Waals surface area (Å²) in [5, 5.41) is 2.90. The number of anilines is 1. The zero-order valence-corrected chi connectivity index (χ0v) is 12.5. The van der Waals surface area contributed by atoms with Crippen LogP contribution in [0.3, 0.4) is 0 Å². The Balaban J connectivity index is 2.00. The molecule has 1 fully saturated rings. The molecule has 0 aromatic heterocycles. The predicted molar refractivity (Wildman–Crippen MR) is 78.6 cm³/mol. The summed E-state index contributed by atoms with van der Waals surface area (Å²) in [5.74, 6) is 2.78. The number of methoxy groups -OCH3 is 1. The van der Waals surface area contributed by atoms with E-state index in [1.807, 2.05) is 34.9 Å². The maximum atomic E-state index is 12.0. The van der Waals surface area contributed by atoms with E-state index in [1.54, 1.807) is 7.11 Å². The number of halogens is 1. The van der Waals surface area contributed by atoms with Crippen LogP contribution in [0, 0.1) is 0 Å². The molecule has 1 heterocycles. The third-order valence-electron chi connectivity index (χ3n) is 2.70. The number of nitrogens with zero attached hydrogens (tertiary/aromatic N) is 1. The summed E-state index contributed by atoms with van der Waals surface area (Å²) in [6.07, 6.45) is 0. The van der Waals surface area contributed by atoms with E-state index in [9.17, 15) is 4.79 Å². The van der Waals surface area contributed by atoms with Gasteiger partial charge in [-0.15, -0.1) is 0 Å². The SMILES string of the molecule is COc1ccc(NC(=O)N2CCSCC2)cc1Br. The van der Waals surface area contributed by atoms with Gasteiger partial charge in [-0.1, -0.05) is 0 Å². The Bertz CT molecular complexity index is 436. The number of benzene rings is 1. The highest BCUT2D eigenvalue weighted by atomic mass is 79.9. The normalized spacial score (nSPS) is 15.3. The molecule has 1 N–H and O–H groups in total. The van der Waals surface area contributed by atoms with Gasteiger partial charge in [0.25, 0.3) is 0 Å². The molecule has 1 saturated heterocycles. The van der Waals surface area contributed by atoms with Gasteiger partial charge in [0.15, 0.2) is 0 Å². The molecule has 2 rings (SSSR count). The van der Waals surface area contributed by atoms with Crippen molar-refractivity contribution in [2.24, 2.45) is 0 Å². The monoisotopic (exact) mass is 330 g/mol. The van der Waals surface area contributed by atoms with E-state index in [-0.39, 0.29) is 6.03 Å². The van der Waals surface area contributed by atoms with E-state index in [0.717, 1.165) is 40.5 Å². The Labute approximate surface area is 119 Å². The van der Waals surface area contributed by atoms with Crippen molar-refractivity contribution in [2.45, 2.75) is 0 Å². The van der Waals surface area contributed by atoms with Crippen molar-refractivity contribution in [3.63, 3.8) is 0 Å². The molecular weight excluding hydrogens is 316 g/mol. The van der Waals surface area contributed by atoms with Crippen LogP contribution in [-0.4, -0.2) is 42.6 Å². The van der Waals surface area contributed by atoms with Gasteiger partial charge in [-0.3, -0.25) is 0 Å². The number of rotatable bonds is 2. The molecule has 1 aromatic carbocycles. The van der Waals surface area contributed by atoms with E-state index in [0.29, 0.717) is 0 Å². The number of hydrogen-bond acceptors (Lipinski definition) is 3. The molecular formula is C12H15BrN2O2S. The molecule has 1 aliphatic rings. The molecule has 1 aliphatic heterocycles. The number of urea groups is 1. The molecule has 2 amide bonds. The molecule has 0 spiro atoms. The summed E-state index contributed by atoms with van der Waals surface area (Å²) >= 11 is 5.28. The lowest BCUT2D eigenvalue weighted by molar-refractivity contribution is 0.217. The molecule has 98 valence electrons. The van der Waals surface area contributed by atoms with Gasteiger partial charge in [0.1, 0.15) is 5.75 Å². The van der Waals surface area contributed by atoms with Gasteiger partial charge in [-0.2, -0.15) is 11.8 Å². The lowest BCUT2D eigenvalue weighted by Crippen LogP contribution is -2.40. The summed E-state index contributed by atoms with van der Waals surface area (Å²) < 4.78 is 5.98. The highest BCUT2D eigenvalue weighted by Crippen LogP contribution is 2.27. The smallest absolute Gasteiger partial charge is 0.321 e. The molecule has 0 saturated carbocycles. The van der Waals surface area contributed by atoms with Crippen molar-refractivity contribution in [3.8, 4) is 5.75 Å². The van der Waals surface area contributed by atoms with Crippen molar-refractivity contribution in [1.29, 1.82) is 0 Å². The third kappa shape index (κ3) is 3.32. The second-order valence-electron chi connectivity index (χ2n) is 3.88. The standard InChI is InChI=1S/C12H15BrN2O2S/c1-17-11-3-2-9(8-10(11)13)14-12(16)15-4-6-18-7-5-15/h2-3,8H,4-7H2,1H3,(H,14,16). The maximum absolute atomic E-state index is 12.0. The average molecular weight is 331 g/mol. The van der Waals surface area contributed by atoms with Crippen molar-refractivity contribution in [2.75, 3.05) is 37.0 Å². The summed E-state index contributed by atoms with van der Waals surface area (Å²) in [6, 6.07) is 5.47. The van der Waals surface area contributed by atoms with Crippen LogP contribution in [0.1, 0.15) is 0 Å². The van der Waals surface area contributed by atoms with Crippen LogP contribution in [0.5, 0.6) is 5.75 Å². The Hall–Kier alpha value is -0.880. The van der Waals surface area contributed by atoms with Crippen molar-refractivity contribution >= 4 is 39.4 Å². The molecule has 1 aromatic rings. The topological polar surface area (TPSA) is 41.6 Å². The molecule has 4 nitrogen and oxygen atoms in total. The zero-order valence-electron chi connectivity index (χ0n) is 10.1. The molecule has 18 heavy (non-hydrogen) atoms. The zero-order chi connectivity index (χ0) is 13.0. The summed E-state index contributed by atoms with van der Waals surface area (Å²) in [4.78, 5) is 13.8. The van der Waals surface area contributed by atoms with Crippen molar-refractivity contribution < 1.29 is 9.53 Å². The second kappa shape index (κ2) is 6.33. The van der Waals surface area contributed by atoms with Gasteiger partial charge in [0, 0.05) is 30.3 Å². The van der Waals surface area contributed by atoms with E-state index in [1.165, 1.54) is 0 Å². The minimum absolute atomic E-state index is 0.0348. The Morgan fingerprint density at radius 1 is 1.44 bits per heavy atom. The summed E-state index contributed by atoms with van der Waals surface area (Å²) in [7, 11) is 1.61. The van der Waals surface area contributed by atoms with Crippen molar-refractivity contribution in [1.82, 2.24) is 4.90 Å². The van der Waals surface area contributed by atoms with Crippen molar-refractivity contribution in [3.05, 3.63) is 22.7 Å². The van der Waals surface area contributed by atoms with E-state index in [4.69, 9.17) is 4.74 Å². The predicted octanol–water partition coefficient (Wildman–Crippen LogP) is 3.04. The quantitative estimate of drug-likeness (QED) is 0.906. The van der Waals surface area contributed by atoms with Gasteiger partial charge in [-0.25, -0.2) is 4.79 Å². The first kappa shape index (κ1) is 13.5. The Kier molecular flexibility index (Phi) is 4.77. The number of ether oxygens (including phenoxy) is 1. The van der Waals surface area contributed by atoms with Gasteiger partial charge in [0.05, 0.1) is 11.6 Å². The lowest BCUT2D eigenvalue weighted by Gasteiger charge is -2.26. The number of amides is 2. The minimum atomic E-state index is -0.0348. The van der Waals surface area contributed by atoms with Gasteiger partial charge >= 0.3 is 6.03 Å². The maximum Gasteiger partial charge on any atom is 0.321 e. The van der Waals surface area contributed by atoms with Crippen LogP contribution >= 0.6 is 27.7 Å². The van der Waals surface area contributed by atoms with Crippen LogP contribution in [0.15, 0.2) is 22.7 Å². The highest BCUT2D eigenvalue weighted by Gasteiger charge is 2.16. The minimum Gasteiger partial charge on any atom is -0.496 e. The fraction of sp³-hybridized carbons (Fsp3) is 0.417.